The Morgan fingerprint density at radius 3 is 1.38 bits per heavy atom. The average Bonchev–Trinajstić information content (AvgIpc) is 3.08. The second-order valence-corrected chi connectivity index (χ2v) is 14.2. The standard InChI is InChI=1S/C43H56N2O3/c1-5-17-44(18-6-2)39-27-35-13-9-11-33-23-31(25-37(29-39)41(33)35)15-21-47-43(46)48-22-16-32-24-34-12-10-14-36-28-40(30-38(26-32)42(34)36)45(19-7-3)20-8-4/h9-14,23-26,39-40H,5-8,15-22,27-30H2,1-4H3. The van der Waals surface area contributed by atoms with Crippen LogP contribution in [0, 0.1) is 0 Å². The number of hydrogen-bond donors (Lipinski definition) is 0. The molecule has 5 heteroatoms. The Balaban J connectivity index is 1.04. The minimum Gasteiger partial charge on any atom is -0.434 e. The number of rotatable bonds is 16. The molecule has 0 spiro atoms. The summed E-state index contributed by atoms with van der Waals surface area (Å²) in [6.07, 6.45) is 9.94. The van der Waals surface area contributed by atoms with E-state index in [0.29, 0.717) is 38.1 Å². The van der Waals surface area contributed by atoms with Crippen molar-refractivity contribution >= 4 is 27.7 Å². The number of hydrogen-bond acceptors (Lipinski definition) is 5. The number of ether oxygens (including phenoxy) is 2. The SMILES string of the molecule is CCCN(CCC)C1Cc2cccc3cc(CCOC(=O)OCCc4cc5c6c(cccc6c4)CC(N(CCC)CCC)C5)cc(c23)C1. The Bertz CT molecular complexity index is 1560. The lowest BCUT2D eigenvalue weighted by Crippen LogP contribution is -2.41. The maximum absolute atomic E-state index is 12.6. The lowest BCUT2D eigenvalue weighted by molar-refractivity contribution is 0.0569. The van der Waals surface area contributed by atoms with E-state index >= 15 is 0 Å². The summed E-state index contributed by atoms with van der Waals surface area (Å²) in [4.78, 5) is 18.0. The van der Waals surface area contributed by atoms with E-state index in [1.54, 1.807) is 0 Å². The van der Waals surface area contributed by atoms with Crippen LogP contribution in [0.1, 0.15) is 86.8 Å². The summed E-state index contributed by atoms with van der Waals surface area (Å²) in [5.41, 5.74) is 8.25. The van der Waals surface area contributed by atoms with Gasteiger partial charge in [0.05, 0.1) is 13.2 Å². The molecule has 2 aliphatic rings. The fourth-order valence-electron chi connectivity index (χ4n) is 8.61. The Labute approximate surface area is 288 Å². The summed E-state index contributed by atoms with van der Waals surface area (Å²) in [5.74, 6) is 0. The van der Waals surface area contributed by atoms with Gasteiger partial charge in [-0.05, 0) is 132 Å². The lowest BCUT2D eigenvalue weighted by Gasteiger charge is -2.35. The van der Waals surface area contributed by atoms with E-state index in [1.807, 2.05) is 0 Å². The summed E-state index contributed by atoms with van der Waals surface area (Å²) in [7, 11) is 0. The first-order chi connectivity index (χ1) is 23.5. The molecule has 0 radical (unpaired) electrons. The zero-order valence-corrected chi connectivity index (χ0v) is 29.9. The number of nitrogens with zero attached hydrogens (tertiary/aromatic N) is 2. The third-order valence-electron chi connectivity index (χ3n) is 10.5. The Morgan fingerprint density at radius 1 is 0.583 bits per heavy atom. The Morgan fingerprint density at radius 2 is 0.979 bits per heavy atom. The maximum atomic E-state index is 12.6. The molecule has 256 valence electrons. The van der Waals surface area contributed by atoms with Crippen molar-refractivity contribution in [3.8, 4) is 0 Å². The molecule has 2 unspecified atom stereocenters. The quantitative estimate of drug-likeness (QED) is 0.113. The fourth-order valence-corrected chi connectivity index (χ4v) is 8.61. The van der Waals surface area contributed by atoms with Gasteiger partial charge in [-0.15, -0.1) is 0 Å². The molecule has 48 heavy (non-hydrogen) atoms. The molecule has 6 rings (SSSR count). The minimum atomic E-state index is -0.575. The van der Waals surface area contributed by atoms with Gasteiger partial charge in [-0.2, -0.15) is 0 Å². The molecule has 0 bridgehead atoms. The van der Waals surface area contributed by atoms with Crippen molar-refractivity contribution in [3.63, 3.8) is 0 Å². The van der Waals surface area contributed by atoms with Crippen molar-refractivity contribution in [3.05, 3.63) is 94.0 Å². The molecule has 4 aromatic rings. The first kappa shape index (κ1) is 34.5. The summed E-state index contributed by atoms with van der Waals surface area (Å²) >= 11 is 0. The molecule has 2 atom stereocenters. The van der Waals surface area contributed by atoms with Crippen LogP contribution in [0.3, 0.4) is 0 Å². The highest BCUT2D eigenvalue weighted by Gasteiger charge is 2.27. The first-order valence-electron chi connectivity index (χ1n) is 18.9. The van der Waals surface area contributed by atoms with Gasteiger partial charge in [0.1, 0.15) is 0 Å². The topological polar surface area (TPSA) is 42.0 Å². The van der Waals surface area contributed by atoms with Gasteiger partial charge < -0.3 is 9.47 Å². The molecule has 5 nitrogen and oxygen atoms in total. The smallest absolute Gasteiger partial charge is 0.434 e. The maximum Gasteiger partial charge on any atom is 0.508 e. The molecule has 4 aromatic carbocycles. The van der Waals surface area contributed by atoms with Gasteiger partial charge in [-0.25, -0.2) is 4.79 Å². The van der Waals surface area contributed by atoms with E-state index in [1.165, 1.54) is 80.6 Å². The van der Waals surface area contributed by atoms with Gasteiger partial charge in [0.15, 0.2) is 0 Å². The fraction of sp³-hybridized carbons (Fsp3) is 0.512. The predicted molar refractivity (Wildman–Crippen MR) is 199 cm³/mol. The van der Waals surface area contributed by atoms with Crippen LogP contribution in [0.4, 0.5) is 4.79 Å². The average molecular weight is 649 g/mol. The molecule has 0 aliphatic heterocycles. The molecule has 0 fully saturated rings. The molecule has 0 amide bonds. The largest absolute Gasteiger partial charge is 0.508 e. The predicted octanol–water partition coefficient (Wildman–Crippen LogP) is 9.11. The van der Waals surface area contributed by atoms with Crippen LogP contribution in [0.5, 0.6) is 0 Å². The normalized spacial score (nSPS) is 17.0. The van der Waals surface area contributed by atoms with Crippen LogP contribution in [-0.4, -0.2) is 67.4 Å². The number of carbonyl (C=O) groups excluding carboxylic acids is 1. The van der Waals surface area contributed by atoms with Gasteiger partial charge in [0, 0.05) is 24.9 Å². The highest BCUT2D eigenvalue weighted by atomic mass is 16.7. The van der Waals surface area contributed by atoms with Gasteiger partial charge in [0.25, 0.3) is 0 Å². The molecular weight excluding hydrogens is 592 g/mol. The third kappa shape index (κ3) is 7.90. The van der Waals surface area contributed by atoms with Gasteiger partial charge in [-0.3, -0.25) is 9.80 Å². The van der Waals surface area contributed by atoms with Crippen LogP contribution in [-0.2, 0) is 48.0 Å². The van der Waals surface area contributed by atoms with Crippen molar-refractivity contribution in [1.29, 1.82) is 0 Å². The summed E-state index contributed by atoms with van der Waals surface area (Å²) in [6.45, 7) is 14.4. The van der Waals surface area contributed by atoms with Crippen molar-refractivity contribution < 1.29 is 14.3 Å². The lowest BCUT2D eigenvalue weighted by atomic mass is 9.83. The molecule has 0 N–H and O–H groups in total. The Hall–Kier alpha value is -3.41. The van der Waals surface area contributed by atoms with E-state index in [4.69, 9.17) is 9.47 Å². The molecular formula is C43H56N2O3. The molecule has 0 heterocycles. The summed E-state index contributed by atoms with van der Waals surface area (Å²) < 4.78 is 11.2. The number of carbonyl (C=O) groups is 1. The van der Waals surface area contributed by atoms with Crippen LogP contribution < -0.4 is 0 Å². The van der Waals surface area contributed by atoms with Gasteiger partial charge in [-0.1, -0.05) is 88.4 Å². The van der Waals surface area contributed by atoms with Crippen molar-refractivity contribution in [1.82, 2.24) is 9.80 Å². The van der Waals surface area contributed by atoms with Crippen molar-refractivity contribution in [2.75, 3.05) is 39.4 Å². The van der Waals surface area contributed by atoms with E-state index in [-0.39, 0.29) is 0 Å². The second-order valence-electron chi connectivity index (χ2n) is 14.2. The second kappa shape index (κ2) is 16.3. The minimum absolute atomic E-state index is 0.320. The van der Waals surface area contributed by atoms with Gasteiger partial charge in [0.2, 0.25) is 0 Å². The monoisotopic (exact) mass is 648 g/mol. The van der Waals surface area contributed by atoms with E-state index in [9.17, 15) is 4.79 Å². The zero-order valence-electron chi connectivity index (χ0n) is 29.9. The molecule has 0 aromatic heterocycles. The highest BCUT2D eigenvalue weighted by molar-refractivity contribution is 5.91. The summed E-state index contributed by atoms with van der Waals surface area (Å²) in [6, 6.07) is 23.8. The first-order valence-corrected chi connectivity index (χ1v) is 18.9. The van der Waals surface area contributed by atoms with Crippen LogP contribution in [0.2, 0.25) is 0 Å². The number of benzene rings is 4. The van der Waals surface area contributed by atoms with Crippen molar-refractivity contribution in [2.24, 2.45) is 0 Å². The van der Waals surface area contributed by atoms with Crippen LogP contribution in [0.25, 0.3) is 21.5 Å². The third-order valence-corrected chi connectivity index (χ3v) is 10.5. The van der Waals surface area contributed by atoms with Gasteiger partial charge >= 0.3 is 6.16 Å². The van der Waals surface area contributed by atoms with E-state index in [0.717, 1.165) is 51.9 Å². The van der Waals surface area contributed by atoms with Crippen molar-refractivity contribution in [2.45, 2.75) is 104 Å². The highest BCUT2D eigenvalue weighted by Crippen LogP contribution is 2.34. The van der Waals surface area contributed by atoms with E-state index < -0.39 is 6.16 Å². The Kier molecular flexibility index (Phi) is 11.7. The summed E-state index contributed by atoms with van der Waals surface area (Å²) in [5, 5.41) is 5.46. The van der Waals surface area contributed by atoms with E-state index in [2.05, 4.69) is 98.2 Å². The van der Waals surface area contributed by atoms with Crippen LogP contribution in [0.15, 0.2) is 60.7 Å². The molecule has 2 aliphatic carbocycles. The molecule has 0 saturated heterocycles. The zero-order chi connectivity index (χ0) is 33.5. The van der Waals surface area contributed by atoms with Crippen LogP contribution >= 0.6 is 0 Å². The molecule has 0 saturated carbocycles.